The van der Waals surface area contributed by atoms with Crippen LogP contribution in [0.1, 0.15) is 29.2 Å². The smallest absolute Gasteiger partial charge is 0.311 e. The summed E-state index contributed by atoms with van der Waals surface area (Å²) >= 11 is 0. The van der Waals surface area contributed by atoms with E-state index in [2.05, 4.69) is 0 Å². The van der Waals surface area contributed by atoms with Crippen molar-refractivity contribution < 1.29 is 92.2 Å². The third-order valence-corrected chi connectivity index (χ3v) is 9.07. The molecule has 0 radical (unpaired) electrons. The van der Waals surface area contributed by atoms with Gasteiger partial charge in [0, 0.05) is 34.0 Å². The highest BCUT2D eigenvalue weighted by Crippen LogP contribution is 2.54. The van der Waals surface area contributed by atoms with Gasteiger partial charge in [0.05, 0.1) is 5.56 Å². The van der Waals surface area contributed by atoms with E-state index < -0.39 is 110 Å². The number of rotatable bonds is 8. The van der Waals surface area contributed by atoms with E-state index in [-0.39, 0.29) is 35.3 Å². The molecule has 0 N–H and O–H groups in total. The average molecular weight is 903 g/mol. The van der Waals surface area contributed by atoms with Gasteiger partial charge in [-0.3, -0.25) is 0 Å². The predicted octanol–water partition coefficient (Wildman–Crippen LogP) is 15.3. The third kappa shape index (κ3) is 8.33. The molecule has 23 heteroatoms. The summed E-state index contributed by atoms with van der Waals surface area (Å²) in [7, 11) is 0. The Morgan fingerprint density at radius 1 is 0.328 bits per heavy atom. The van der Waals surface area contributed by atoms with Crippen molar-refractivity contribution in [3.63, 3.8) is 0 Å². The molecule has 0 aliphatic heterocycles. The van der Waals surface area contributed by atoms with Crippen molar-refractivity contribution in [2.45, 2.75) is 49.1 Å². The van der Waals surface area contributed by atoms with E-state index in [1.54, 1.807) is 0 Å². The first-order chi connectivity index (χ1) is 27.7. The van der Waals surface area contributed by atoms with Crippen LogP contribution >= 0.6 is 0 Å². The number of halogens is 21. The Balaban J connectivity index is 1.73. The number of hydrogen-bond acceptors (Lipinski definition) is 2. The highest BCUT2D eigenvalue weighted by atomic mass is 19.4. The van der Waals surface area contributed by atoms with Crippen molar-refractivity contribution >= 4 is 34.1 Å². The second-order valence-electron chi connectivity index (χ2n) is 13.0. The molecule has 5 aromatic carbocycles. The van der Waals surface area contributed by atoms with Crippen LogP contribution in [0, 0.1) is 23.3 Å². The van der Waals surface area contributed by atoms with Crippen molar-refractivity contribution in [1.29, 1.82) is 0 Å². The minimum Gasteiger partial charge on any atom is -0.311 e. The van der Waals surface area contributed by atoms with Gasteiger partial charge in [0.1, 0.15) is 11.3 Å². The average Bonchev–Trinajstić information content (AvgIpc) is 3.14. The molecule has 0 fully saturated rings. The van der Waals surface area contributed by atoms with Gasteiger partial charge in [0.2, 0.25) is 5.67 Å². The van der Waals surface area contributed by atoms with Crippen molar-refractivity contribution in [3.05, 3.63) is 143 Å². The molecule has 0 amide bonds. The van der Waals surface area contributed by atoms with Gasteiger partial charge in [-0.1, -0.05) is 24.3 Å². The molecular weight excluding hydrogens is 883 g/mol. The van der Waals surface area contributed by atoms with Crippen molar-refractivity contribution in [2.75, 3.05) is 9.80 Å². The predicted molar refractivity (Wildman–Crippen MR) is 175 cm³/mol. The molecule has 61 heavy (non-hydrogen) atoms. The quantitative estimate of drug-likeness (QED) is 0.113. The second kappa shape index (κ2) is 15.3. The molecule has 1 unspecified atom stereocenters. The molecule has 0 bridgehead atoms. The first-order valence-corrected chi connectivity index (χ1v) is 16.3. The SMILES string of the molecule is CC(F)(c1ccc(N(c2ccc(N(c3ccc(C(F)(F)F)cc3)c3c(F)c(F)c(C(F)(F)F)c(F)c3F)cc2)c2ccc(C(F)(C(F)(F)F)C(F)(F)F)cc2)cc1)C(F)(F)F. The Labute approximate surface area is 328 Å². The Hall–Kier alpha value is -5.77. The van der Waals surface area contributed by atoms with Crippen LogP contribution in [0.2, 0.25) is 0 Å². The lowest BCUT2D eigenvalue weighted by Crippen LogP contribution is -2.50. The van der Waals surface area contributed by atoms with Gasteiger partial charge in [0.15, 0.2) is 23.3 Å². The zero-order valence-electron chi connectivity index (χ0n) is 29.6. The first kappa shape index (κ1) is 46.3. The van der Waals surface area contributed by atoms with Crippen LogP contribution < -0.4 is 9.80 Å². The first-order valence-electron chi connectivity index (χ1n) is 16.3. The fraction of sp³-hybridized carbons (Fsp3) is 0.211. The summed E-state index contributed by atoms with van der Waals surface area (Å²) in [6.45, 7) is 0.143. The number of nitrogens with zero attached hydrogens (tertiary/aromatic N) is 2. The second-order valence-corrected chi connectivity index (χ2v) is 13.0. The Bertz CT molecular complexity index is 2310. The fourth-order valence-corrected chi connectivity index (χ4v) is 5.89. The van der Waals surface area contributed by atoms with E-state index in [4.69, 9.17) is 0 Å². The molecule has 5 rings (SSSR count). The summed E-state index contributed by atoms with van der Waals surface area (Å²) in [5.74, 6) is -11.3. The van der Waals surface area contributed by atoms with Gasteiger partial charge in [-0.2, -0.15) is 65.9 Å². The van der Waals surface area contributed by atoms with Crippen LogP contribution in [0.25, 0.3) is 0 Å². The van der Waals surface area contributed by atoms with Crippen LogP contribution in [-0.2, 0) is 23.7 Å². The lowest BCUT2D eigenvalue weighted by molar-refractivity contribution is -0.348. The lowest BCUT2D eigenvalue weighted by atomic mass is 9.93. The largest absolute Gasteiger partial charge is 0.435 e. The fourth-order valence-electron chi connectivity index (χ4n) is 5.89. The van der Waals surface area contributed by atoms with Crippen molar-refractivity contribution in [3.8, 4) is 0 Å². The molecule has 2 nitrogen and oxygen atoms in total. The molecule has 0 aromatic heterocycles. The maximum atomic E-state index is 15.5. The van der Waals surface area contributed by atoms with E-state index in [0.29, 0.717) is 48.5 Å². The lowest BCUT2D eigenvalue weighted by Gasteiger charge is -2.31. The van der Waals surface area contributed by atoms with Crippen LogP contribution in [-0.4, -0.2) is 18.5 Å². The molecule has 1 atom stereocenters. The Morgan fingerprint density at radius 3 is 0.918 bits per heavy atom. The van der Waals surface area contributed by atoms with Crippen LogP contribution in [0.4, 0.5) is 126 Å². The molecule has 0 aliphatic rings. The molecule has 328 valence electrons. The van der Waals surface area contributed by atoms with Gasteiger partial charge in [-0.05, 0) is 85.3 Å². The third-order valence-electron chi connectivity index (χ3n) is 9.07. The molecule has 0 heterocycles. The van der Waals surface area contributed by atoms with Gasteiger partial charge in [-0.15, -0.1) is 0 Å². The van der Waals surface area contributed by atoms with Gasteiger partial charge in [-0.25, -0.2) is 26.3 Å². The minimum atomic E-state index is -6.56. The summed E-state index contributed by atoms with van der Waals surface area (Å²) in [6.07, 6.45) is -29.7. The van der Waals surface area contributed by atoms with Gasteiger partial charge in [0.25, 0.3) is 0 Å². The van der Waals surface area contributed by atoms with E-state index in [0.717, 1.165) is 41.3 Å². The van der Waals surface area contributed by atoms with E-state index in [9.17, 15) is 83.4 Å². The maximum absolute atomic E-state index is 15.5. The standard InChI is InChI=1S/C38H19F21N2/c1-32(43,36(51,52)53)18-2-8-21(9-3-18)60(22-10-4-19(5-11-22)33(44,37(54,55)56)38(57,58)59)23-14-16-25(17-15-23)61(24-12-6-20(7-13-24)34(45,46)47)31-29(41)27(39)26(35(48,49)50)28(40)30(31)42/h2-17H,1H3. The number of benzene rings is 5. The van der Waals surface area contributed by atoms with Gasteiger partial charge < -0.3 is 9.80 Å². The summed E-state index contributed by atoms with van der Waals surface area (Å²) in [6, 6.07) is 8.47. The van der Waals surface area contributed by atoms with Crippen molar-refractivity contribution in [2.24, 2.45) is 0 Å². The van der Waals surface area contributed by atoms with Crippen LogP contribution in [0.3, 0.4) is 0 Å². The van der Waals surface area contributed by atoms with E-state index >= 15 is 8.78 Å². The Morgan fingerprint density at radius 2 is 0.623 bits per heavy atom. The molecular formula is C38H19F21N2. The van der Waals surface area contributed by atoms with Crippen LogP contribution in [0.5, 0.6) is 0 Å². The molecule has 0 spiro atoms. The molecule has 5 aromatic rings. The van der Waals surface area contributed by atoms with Crippen LogP contribution in [0.15, 0.2) is 97.1 Å². The van der Waals surface area contributed by atoms with Crippen molar-refractivity contribution in [1.82, 2.24) is 0 Å². The zero-order valence-corrected chi connectivity index (χ0v) is 29.6. The number of anilines is 6. The number of hydrogen-bond donors (Lipinski definition) is 0. The van der Waals surface area contributed by atoms with E-state index in [1.807, 2.05) is 0 Å². The zero-order chi connectivity index (χ0) is 46.1. The molecule has 0 aliphatic carbocycles. The summed E-state index contributed by atoms with van der Waals surface area (Å²) in [5, 5.41) is 0. The topological polar surface area (TPSA) is 6.48 Å². The summed E-state index contributed by atoms with van der Waals surface area (Å²) < 4.78 is 291. The molecule has 0 saturated carbocycles. The van der Waals surface area contributed by atoms with Gasteiger partial charge >= 0.3 is 36.6 Å². The minimum absolute atomic E-state index is 0.0416. The maximum Gasteiger partial charge on any atom is 0.435 e. The highest BCUT2D eigenvalue weighted by molar-refractivity contribution is 5.82. The number of alkyl halides is 17. The van der Waals surface area contributed by atoms with E-state index in [1.165, 1.54) is 0 Å². The normalized spacial score (nSPS) is 14.2. The molecule has 0 saturated heterocycles. The summed E-state index contributed by atoms with van der Waals surface area (Å²) in [4.78, 5) is 0.950. The Kier molecular flexibility index (Phi) is 11.6. The highest BCUT2D eigenvalue weighted by Gasteiger charge is 2.73. The summed E-state index contributed by atoms with van der Waals surface area (Å²) in [5.41, 5.74) is -22.0. The monoisotopic (exact) mass is 902 g/mol.